The van der Waals surface area contributed by atoms with Crippen LogP contribution in [0.3, 0.4) is 0 Å². The molecule has 1 aliphatic heterocycles. The van der Waals surface area contributed by atoms with E-state index in [0.717, 1.165) is 14.9 Å². The third-order valence-electron chi connectivity index (χ3n) is 5.14. The van der Waals surface area contributed by atoms with Gasteiger partial charge in [0.25, 0.3) is 11.8 Å². The molecule has 1 aliphatic rings. The SMILES string of the molecule is CCOc1ccc(N2C(=O)NC(=O)/C(=C\c3cc(Br)cc(Br)c3OCc3ccc(Br)cc3)C2=O)cc1. The summed E-state index contributed by atoms with van der Waals surface area (Å²) in [6.07, 6.45) is 1.41. The molecule has 36 heavy (non-hydrogen) atoms. The van der Waals surface area contributed by atoms with Crippen molar-refractivity contribution in [1.82, 2.24) is 5.32 Å². The summed E-state index contributed by atoms with van der Waals surface area (Å²) in [7, 11) is 0. The Kier molecular flexibility index (Phi) is 8.28. The van der Waals surface area contributed by atoms with E-state index in [9.17, 15) is 14.4 Å². The first kappa shape index (κ1) is 26.1. The van der Waals surface area contributed by atoms with Crippen molar-refractivity contribution in [2.24, 2.45) is 0 Å². The molecule has 0 saturated carbocycles. The third-order valence-corrected chi connectivity index (χ3v) is 6.72. The number of ether oxygens (including phenoxy) is 2. The summed E-state index contributed by atoms with van der Waals surface area (Å²) in [6, 6.07) is 16.8. The number of nitrogens with one attached hydrogen (secondary N) is 1. The summed E-state index contributed by atoms with van der Waals surface area (Å²) in [4.78, 5) is 39.5. The van der Waals surface area contributed by atoms with Crippen molar-refractivity contribution in [3.8, 4) is 11.5 Å². The Balaban J connectivity index is 1.67. The fourth-order valence-electron chi connectivity index (χ4n) is 3.48. The van der Waals surface area contributed by atoms with Crippen LogP contribution < -0.4 is 19.7 Å². The lowest BCUT2D eigenvalue weighted by atomic mass is 10.1. The van der Waals surface area contributed by atoms with E-state index in [1.54, 1.807) is 36.4 Å². The molecular weight excluding hydrogens is 660 g/mol. The molecule has 0 atom stereocenters. The van der Waals surface area contributed by atoms with Gasteiger partial charge in [-0.25, -0.2) is 9.69 Å². The van der Waals surface area contributed by atoms with Crippen molar-refractivity contribution in [1.29, 1.82) is 0 Å². The van der Waals surface area contributed by atoms with Crippen molar-refractivity contribution in [3.63, 3.8) is 0 Å². The van der Waals surface area contributed by atoms with E-state index in [0.29, 0.717) is 38.3 Å². The molecule has 4 amide bonds. The number of urea groups is 1. The predicted molar refractivity (Wildman–Crippen MR) is 147 cm³/mol. The molecule has 4 rings (SSSR count). The van der Waals surface area contributed by atoms with Gasteiger partial charge < -0.3 is 9.47 Å². The molecule has 3 aromatic carbocycles. The molecule has 0 bridgehead atoms. The maximum Gasteiger partial charge on any atom is 0.335 e. The zero-order chi connectivity index (χ0) is 25.8. The Morgan fingerprint density at radius 1 is 0.889 bits per heavy atom. The van der Waals surface area contributed by atoms with Gasteiger partial charge in [-0.05, 0) is 83.0 Å². The van der Waals surface area contributed by atoms with Crippen molar-refractivity contribution in [2.45, 2.75) is 13.5 Å². The highest BCUT2D eigenvalue weighted by Crippen LogP contribution is 2.36. The molecule has 1 N–H and O–H groups in total. The molecule has 0 aliphatic carbocycles. The van der Waals surface area contributed by atoms with Gasteiger partial charge in [-0.2, -0.15) is 0 Å². The molecule has 1 saturated heterocycles. The van der Waals surface area contributed by atoms with Crippen LogP contribution in [0, 0.1) is 0 Å². The highest BCUT2D eigenvalue weighted by atomic mass is 79.9. The minimum Gasteiger partial charge on any atom is -0.494 e. The molecule has 0 aromatic heterocycles. The van der Waals surface area contributed by atoms with Gasteiger partial charge in [0.15, 0.2) is 0 Å². The molecule has 184 valence electrons. The highest BCUT2D eigenvalue weighted by Gasteiger charge is 2.37. The molecule has 0 radical (unpaired) electrons. The Labute approximate surface area is 232 Å². The fraction of sp³-hybridized carbons (Fsp3) is 0.115. The average Bonchev–Trinajstić information content (AvgIpc) is 2.83. The van der Waals surface area contributed by atoms with Crippen molar-refractivity contribution in [3.05, 3.63) is 90.8 Å². The van der Waals surface area contributed by atoms with Crippen molar-refractivity contribution >= 4 is 77.4 Å². The topological polar surface area (TPSA) is 84.9 Å². The Bertz CT molecular complexity index is 1360. The third kappa shape index (κ3) is 5.88. The van der Waals surface area contributed by atoms with Gasteiger partial charge in [0.05, 0.1) is 16.8 Å². The lowest BCUT2D eigenvalue weighted by Crippen LogP contribution is -2.54. The first-order valence-corrected chi connectivity index (χ1v) is 13.2. The van der Waals surface area contributed by atoms with Gasteiger partial charge in [0.2, 0.25) is 0 Å². The zero-order valence-electron chi connectivity index (χ0n) is 18.9. The Hall–Kier alpha value is -2.95. The Morgan fingerprint density at radius 3 is 2.25 bits per heavy atom. The predicted octanol–water partition coefficient (Wildman–Crippen LogP) is 6.62. The number of hydrogen-bond donors (Lipinski definition) is 1. The van der Waals surface area contributed by atoms with Crippen LogP contribution in [-0.4, -0.2) is 24.5 Å². The number of nitrogens with zero attached hydrogens (tertiary/aromatic N) is 1. The maximum atomic E-state index is 13.3. The van der Waals surface area contributed by atoms with E-state index in [1.165, 1.54) is 6.08 Å². The Morgan fingerprint density at radius 2 is 1.58 bits per heavy atom. The number of halogens is 3. The van der Waals surface area contributed by atoms with Crippen LogP contribution in [-0.2, 0) is 16.2 Å². The maximum absolute atomic E-state index is 13.3. The molecule has 1 heterocycles. The second-order valence-electron chi connectivity index (χ2n) is 7.61. The number of rotatable bonds is 7. The van der Waals surface area contributed by atoms with Gasteiger partial charge in [0, 0.05) is 14.5 Å². The van der Waals surface area contributed by atoms with E-state index in [-0.39, 0.29) is 12.2 Å². The minimum absolute atomic E-state index is 0.207. The number of imide groups is 2. The number of amides is 4. The quantitative estimate of drug-likeness (QED) is 0.224. The minimum atomic E-state index is -0.826. The number of anilines is 1. The smallest absolute Gasteiger partial charge is 0.335 e. The van der Waals surface area contributed by atoms with Gasteiger partial charge in [-0.15, -0.1) is 0 Å². The summed E-state index contributed by atoms with van der Waals surface area (Å²) < 4.78 is 13.8. The first-order chi connectivity index (χ1) is 17.3. The number of benzene rings is 3. The number of hydrogen-bond acceptors (Lipinski definition) is 5. The second kappa shape index (κ2) is 11.4. The van der Waals surface area contributed by atoms with Gasteiger partial charge in [-0.3, -0.25) is 14.9 Å². The summed E-state index contributed by atoms with van der Waals surface area (Å²) in [5.74, 6) is -0.492. The van der Waals surface area contributed by atoms with Crippen LogP contribution in [0.15, 0.2) is 79.7 Å². The van der Waals surface area contributed by atoms with Gasteiger partial charge in [0.1, 0.15) is 23.7 Å². The standard InChI is InChI=1S/C26H19Br3N2O5/c1-2-35-20-9-7-19(8-10-20)31-25(33)21(24(32)30-26(31)34)12-16-11-18(28)13-22(29)23(16)36-14-15-3-5-17(27)6-4-15/h3-13H,2,14H2,1H3,(H,30,32,34)/b21-12+. The molecule has 1 fully saturated rings. The number of barbiturate groups is 1. The van der Waals surface area contributed by atoms with E-state index in [4.69, 9.17) is 9.47 Å². The van der Waals surface area contributed by atoms with Crippen LogP contribution in [0.1, 0.15) is 18.1 Å². The van der Waals surface area contributed by atoms with Gasteiger partial charge in [-0.1, -0.05) is 44.0 Å². The van der Waals surface area contributed by atoms with Crippen molar-refractivity contribution < 1.29 is 23.9 Å². The number of carbonyl (C=O) groups excluding carboxylic acids is 3. The van der Waals surface area contributed by atoms with Crippen molar-refractivity contribution in [2.75, 3.05) is 11.5 Å². The summed E-state index contributed by atoms with van der Waals surface area (Å²) in [6.45, 7) is 2.61. The molecule has 3 aromatic rings. The van der Waals surface area contributed by atoms with Crippen LogP contribution >= 0.6 is 47.8 Å². The lowest BCUT2D eigenvalue weighted by molar-refractivity contribution is -0.122. The highest BCUT2D eigenvalue weighted by molar-refractivity contribution is 9.11. The number of carbonyl (C=O) groups is 3. The van der Waals surface area contributed by atoms with Crippen LogP contribution in [0.4, 0.5) is 10.5 Å². The molecule has 0 spiro atoms. The van der Waals surface area contributed by atoms with Gasteiger partial charge >= 0.3 is 6.03 Å². The summed E-state index contributed by atoms with van der Waals surface area (Å²) in [5, 5.41) is 2.24. The largest absolute Gasteiger partial charge is 0.494 e. The monoisotopic (exact) mass is 676 g/mol. The van der Waals surface area contributed by atoms with E-state index < -0.39 is 17.8 Å². The normalized spacial score (nSPS) is 14.7. The molecule has 7 nitrogen and oxygen atoms in total. The zero-order valence-corrected chi connectivity index (χ0v) is 23.6. The molecular formula is C26H19Br3N2O5. The summed E-state index contributed by atoms with van der Waals surface area (Å²) in [5.41, 5.74) is 1.52. The van der Waals surface area contributed by atoms with E-state index >= 15 is 0 Å². The average molecular weight is 679 g/mol. The fourth-order valence-corrected chi connectivity index (χ4v) is 5.12. The van der Waals surface area contributed by atoms with Crippen LogP contribution in [0.5, 0.6) is 11.5 Å². The molecule has 0 unspecified atom stereocenters. The first-order valence-electron chi connectivity index (χ1n) is 10.8. The van der Waals surface area contributed by atoms with Crippen LogP contribution in [0.2, 0.25) is 0 Å². The second-order valence-corrected chi connectivity index (χ2v) is 10.3. The van der Waals surface area contributed by atoms with E-state index in [1.807, 2.05) is 31.2 Å². The van der Waals surface area contributed by atoms with E-state index in [2.05, 4.69) is 53.1 Å². The lowest BCUT2D eigenvalue weighted by Gasteiger charge is -2.26. The summed E-state index contributed by atoms with van der Waals surface area (Å²) >= 11 is 10.4. The van der Waals surface area contributed by atoms with Crippen LogP contribution in [0.25, 0.3) is 6.08 Å². The molecule has 10 heteroatoms.